The first-order valence-corrected chi connectivity index (χ1v) is 13.4. The molecular weight excluding hydrogens is 484 g/mol. The standard InChI is InChI=1S/C29H34N4O5/c1-27(2,3)22-17-31(14-15-33(22)26(36)37)23-9-8-19(16-30-23)28(10-11-28)25(35)32-13-12-29(18-32)21-7-5-4-6-20(21)24(34)38-29/h4-9,16,22H,10-15,17-18H2,1-3H3,(H,36,37)/t22?,29-/m0/s1. The van der Waals surface area contributed by atoms with Crippen LogP contribution in [-0.4, -0.2) is 76.6 Å². The first-order valence-electron chi connectivity index (χ1n) is 13.4. The fourth-order valence-corrected chi connectivity index (χ4v) is 6.48. The van der Waals surface area contributed by atoms with E-state index in [2.05, 4.69) is 25.7 Å². The molecule has 9 nitrogen and oxygen atoms in total. The second-order valence-electron chi connectivity index (χ2n) is 12.2. The van der Waals surface area contributed by atoms with Crippen molar-refractivity contribution < 1.29 is 24.2 Å². The van der Waals surface area contributed by atoms with Gasteiger partial charge in [-0.2, -0.15) is 0 Å². The third-order valence-electron chi connectivity index (χ3n) is 8.85. The van der Waals surface area contributed by atoms with Crippen molar-refractivity contribution in [2.75, 3.05) is 37.6 Å². The van der Waals surface area contributed by atoms with E-state index < -0.39 is 17.1 Å². The molecule has 200 valence electrons. The predicted molar refractivity (Wildman–Crippen MR) is 140 cm³/mol. The highest BCUT2D eigenvalue weighted by Gasteiger charge is 2.58. The Hall–Kier alpha value is -3.62. The molecule has 1 unspecified atom stereocenters. The van der Waals surface area contributed by atoms with Crippen LogP contribution in [0.4, 0.5) is 10.6 Å². The van der Waals surface area contributed by atoms with Crippen LogP contribution in [0.3, 0.4) is 0 Å². The van der Waals surface area contributed by atoms with Crippen LogP contribution in [0.15, 0.2) is 42.6 Å². The fourth-order valence-electron chi connectivity index (χ4n) is 6.48. The summed E-state index contributed by atoms with van der Waals surface area (Å²) in [4.78, 5) is 48.3. The lowest BCUT2D eigenvalue weighted by molar-refractivity contribution is -0.134. The van der Waals surface area contributed by atoms with Crippen molar-refractivity contribution in [1.82, 2.24) is 14.8 Å². The molecule has 38 heavy (non-hydrogen) atoms. The van der Waals surface area contributed by atoms with Crippen LogP contribution >= 0.6 is 0 Å². The summed E-state index contributed by atoms with van der Waals surface area (Å²) in [5.41, 5.74) is 0.863. The van der Waals surface area contributed by atoms with Gasteiger partial charge in [0, 0.05) is 44.4 Å². The predicted octanol–water partition coefficient (Wildman–Crippen LogP) is 3.63. The van der Waals surface area contributed by atoms with E-state index in [0.29, 0.717) is 44.7 Å². The molecule has 2 saturated heterocycles. The first kappa shape index (κ1) is 24.7. The number of pyridine rings is 1. The van der Waals surface area contributed by atoms with Crippen LogP contribution in [0.2, 0.25) is 0 Å². The van der Waals surface area contributed by atoms with Crippen LogP contribution in [0.25, 0.3) is 0 Å². The Morgan fingerprint density at radius 2 is 1.82 bits per heavy atom. The molecule has 0 bridgehead atoms. The topological polar surface area (TPSA) is 103 Å². The van der Waals surface area contributed by atoms with Crippen LogP contribution in [0, 0.1) is 5.41 Å². The Morgan fingerprint density at radius 3 is 2.47 bits per heavy atom. The summed E-state index contributed by atoms with van der Waals surface area (Å²) in [5.74, 6) is 0.562. The van der Waals surface area contributed by atoms with Crippen molar-refractivity contribution in [3.63, 3.8) is 0 Å². The molecule has 2 aromatic rings. The Morgan fingerprint density at radius 1 is 1.05 bits per heavy atom. The number of nitrogens with zero attached hydrogens (tertiary/aromatic N) is 4. The molecule has 9 heteroatoms. The number of hydrogen-bond donors (Lipinski definition) is 1. The molecule has 3 aliphatic heterocycles. The molecule has 1 aromatic heterocycles. The van der Waals surface area contributed by atoms with E-state index in [9.17, 15) is 19.5 Å². The van der Waals surface area contributed by atoms with Gasteiger partial charge in [-0.1, -0.05) is 45.0 Å². The summed E-state index contributed by atoms with van der Waals surface area (Å²) >= 11 is 0. The van der Waals surface area contributed by atoms with Gasteiger partial charge < -0.3 is 24.5 Å². The van der Waals surface area contributed by atoms with Gasteiger partial charge in [0.25, 0.3) is 0 Å². The molecule has 0 radical (unpaired) electrons. The molecule has 1 aromatic carbocycles. The van der Waals surface area contributed by atoms with Gasteiger partial charge in [-0.3, -0.25) is 4.79 Å². The molecule has 1 spiro atoms. The molecule has 3 fully saturated rings. The lowest BCUT2D eigenvalue weighted by atomic mass is 9.84. The monoisotopic (exact) mass is 518 g/mol. The Kier molecular flexibility index (Phi) is 5.49. The maximum absolute atomic E-state index is 13.8. The van der Waals surface area contributed by atoms with Gasteiger partial charge in [0.15, 0.2) is 5.60 Å². The number of carboxylic acid groups (broad SMARTS) is 1. The van der Waals surface area contributed by atoms with Gasteiger partial charge in [0.2, 0.25) is 5.91 Å². The molecule has 4 aliphatic rings. The number of amides is 2. The molecular formula is C29H34N4O5. The zero-order valence-corrected chi connectivity index (χ0v) is 22.1. The van der Waals surface area contributed by atoms with Crippen molar-refractivity contribution in [1.29, 1.82) is 0 Å². The highest BCUT2D eigenvalue weighted by Crippen LogP contribution is 2.52. The van der Waals surface area contributed by atoms with Gasteiger partial charge in [0.1, 0.15) is 5.82 Å². The van der Waals surface area contributed by atoms with Gasteiger partial charge >= 0.3 is 12.1 Å². The minimum absolute atomic E-state index is 0.0761. The molecule has 2 amide bonds. The number of rotatable bonds is 3. The third kappa shape index (κ3) is 3.82. The van der Waals surface area contributed by atoms with E-state index >= 15 is 0 Å². The van der Waals surface area contributed by atoms with E-state index in [0.717, 1.165) is 29.8 Å². The number of likely N-dealkylation sites (tertiary alicyclic amines) is 1. The maximum atomic E-state index is 13.8. The molecule has 2 atom stereocenters. The van der Waals surface area contributed by atoms with Gasteiger partial charge in [-0.05, 0) is 36.0 Å². The normalized spacial score (nSPS) is 25.9. The van der Waals surface area contributed by atoms with Crippen molar-refractivity contribution >= 4 is 23.8 Å². The molecule has 6 rings (SSSR count). The van der Waals surface area contributed by atoms with Gasteiger partial charge in [0.05, 0.1) is 23.6 Å². The lowest BCUT2D eigenvalue weighted by Gasteiger charge is -2.46. The summed E-state index contributed by atoms with van der Waals surface area (Å²) in [6.45, 7) is 8.68. The quantitative estimate of drug-likeness (QED) is 0.619. The largest absolute Gasteiger partial charge is 0.465 e. The van der Waals surface area contributed by atoms with Crippen LogP contribution in [0.1, 0.15) is 61.5 Å². The molecule has 4 heterocycles. The summed E-state index contributed by atoms with van der Waals surface area (Å²) in [5, 5.41) is 9.66. The number of anilines is 1. The maximum Gasteiger partial charge on any atom is 0.407 e. The minimum atomic E-state index is -0.887. The summed E-state index contributed by atoms with van der Waals surface area (Å²) in [7, 11) is 0. The Bertz CT molecular complexity index is 1300. The van der Waals surface area contributed by atoms with E-state index in [1.165, 1.54) is 4.90 Å². The van der Waals surface area contributed by atoms with E-state index in [1.54, 1.807) is 6.07 Å². The van der Waals surface area contributed by atoms with E-state index in [1.807, 2.05) is 41.4 Å². The molecule has 1 saturated carbocycles. The highest BCUT2D eigenvalue weighted by atomic mass is 16.6. The number of ether oxygens (including phenoxy) is 1. The Balaban J connectivity index is 1.17. The fraction of sp³-hybridized carbons (Fsp3) is 0.517. The van der Waals surface area contributed by atoms with E-state index in [4.69, 9.17) is 9.72 Å². The SMILES string of the molecule is CC(C)(C)C1CN(c2ccc(C3(C(=O)N4CC[C@@]5(C4)OC(=O)c4ccccc45)CC3)cn2)CCN1C(=O)O. The number of fused-ring (bicyclic) bond motifs is 2. The van der Waals surface area contributed by atoms with Crippen LogP contribution < -0.4 is 4.90 Å². The summed E-state index contributed by atoms with van der Waals surface area (Å²) < 4.78 is 5.85. The highest BCUT2D eigenvalue weighted by molar-refractivity contribution is 5.96. The van der Waals surface area contributed by atoms with Crippen molar-refractivity contribution in [2.45, 2.75) is 57.1 Å². The smallest absolute Gasteiger partial charge is 0.407 e. The molecule has 1 N–H and O–H groups in total. The van der Waals surface area contributed by atoms with Crippen molar-refractivity contribution in [3.05, 3.63) is 59.3 Å². The first-order chi connectivity index (χ1) is 18.0. The van der Waals surface area contributed by atoms with Crippen LogP contribution in [0.5, 0.6) is 0 Å². The minimum Gasteiger partial charge on any atom is -0.465 e. The molecule has 1 aliphatic carbocycles. The number of aromatic nitrogens is 1. The van der Waals surface area contributed by atoms with Gasteiger partial charge in [-0.15, -0.1) is 0 Å². The lowest BCUT2D eigenvalue weighted by Crippen LogP contribution is -2.59. The number of hydrogen-bond acceptors (Lipinski definition) is 6. The van der Waals surface area contributed by atoms with Crippen molar-refractivity contribution in [2.24, 2.45) is 5.41 Å². The number of carbonyl (C=O) groups excluding carboxylic acids is 2. The second-order valence-corrected chi connectivity index (χ2v) is 12.2. The zero-order valence-electron chi connectivity index (χ0n) is 22.1. The number of esters is 1. The average molecular weight is 519 g/mol. The third-order valence-corrected chi connectivity index (χ3v) is 8.85. The summed E-state index contributed by atoms with van der Waals surface area (Å²) in [6.07, 6.45) is 3.08. The van der Waals surface area contributed by atoms with Gasteiger partial charge in [-0.25, -0.2) is 14.6 Å². The second kappa shape index (κ2) is 8.44. The number of benzene rings is 1. The average Bonchev–Trinajstić information content (AvgIpc) is 3.53. The zero-order chi connectivity index (χ0) is 26.9. The Labute approximate surface area is 222 Å². The number of carbonyl (C=O) groups is 3. The summed E-state index contributed by atoms with van der Waals surface area (Å²) in [6, 6.07) is 11.3. The number of piperazine rings is 1. The van der Waals surface area contributed by atoms with E-state index in [-0.39, 0.29) is 23.3 Å². The van der Waals surface area contributed by atoms with Crippen LogP contribution in [-0.2, 0) is 20.5 Å². The van der Waals surface area contributed by atoms with Crippen molar-refractivity contribution in [3.8, 4) is 0 Å².